The number of para-hydroxylation sites is 4. The van der Waals surface area contributed by atoms with Gasteiger partial charge >= 0.3 is 5.97 Å². The summed E-state index contributed by atoms with van der Waals surface area (Å²) in [6.07, 6.45) is 0. The molecule has 2 heterocycles. The maximum atomic E-state index is 12.5. The molecule has 8 nitrogen and oxygen atoms in total. The van der Waals surface area contributed by atoms with Gasteiger partial charge in [-0.15, -0.1) is 0 Å². The Morgan fingerprint density at radius 1 is 0.510 bits per heavy atom. The molecule has 0 fully saturated rings. The average Bonchev–Trinajstić information content (AvgIpc) is 3.15. The Morgan fingerprint density at radius 2 is 0.902 bits per heavy atom. The lowest BCUT2D eigenvalue weighted by Gasteiger charge is -2.11. The molecule has 1 N–H and O–H groups in total. The van der Waals surface area contributed by atoms with Crippen LogP contribution in [0.1, 0.15) is 20.7 Å². The molecule has 51 heavy (non-hydrogen) atoms. The van der Waals surface area contributed by atoms with Crippen molar-refractivity contribution in [3.8, 4) is 11.5 Å². The number of esters is 1. The number of carbonyl (C=O) groups is 2. The van der Waals surface area contributed by atoms with E-state index in [1.54, 1.807) is 60.7 Å². The number of carbonyl (C=O) groups excluding carboxylic acids is 2. The van der Waals surface area contributed by atoms with Gasteiger partial charge < -0.3 is 9.84 Å². The van der Waals surface area contributed by atoms with Gasteiger partial charge in [-0.1, -0.05) is 72.8 Å². The van der Waals surface area contributed by atoms with Crippen LogP contribution >= 0.6 is 75.3 Å². The van der Waals surface area contributed by atoms with Crippen molar-refractivity contribution in [1.82, 2.24) is 19.9 Å². The monoisotopic (exact) mass is 948 g/mol. The summed E-state index contributed by atoms with van der Waals surface area (Å²) in [6, 6.07) is 36.3. The minimum Gasteiger partial charge on any atom is -0.504 e. The van der Waals surface area contributed by atoms with Crippen molar-refractivity contribution in [3.05, 3.63) is 150 Å². The molecule has 8 aromatic rings. The Hall–Kier alpha value is -4.33. The smallest absolute Gasteiger partial charge is 0.343 e. The average molecular weight is 953 g/mol. The number of aromatic nitrogens is 4. The van der Waals surface area contributed by atoms with E-state index in [0.29, 0.717) is 47.9 Å². The van der Waals surface area contributed by atoms with Crippen molar-refractivity contribution < 1.29 is 19.4 Å². The quantitative estimate of drug-likeness (QED) is 0.0806. The van der Waals surface area contributed by atoms with Gasteiger partial charge in [0.2, 0.25) is 0 Å². The van der Waals surface area contributed by atoms with Crippen molar-refractivity contribution in [1.29, 1.82) is 0 Å². The molecule has 0 amide bonds. The molecule has 0 radical (unpaired) electrons. The number of aromatic hydroxyl groups is 1. The fraction of sp³-hybridized carbons (Fsp3) is 0. The van der Waals surface area contributed by atoms with Crippen molar-refractivity contribution in [2.24, 2.45) is 0 Å². The highest BCUT2D eigenvalue weighted by Crippen LogP contribution is 2.38. The first-order chi connectivity index (χ1) is 24.6. The first kappa shape index (κ1) is 36.5. The lowest BCUT2D eigenvalue weighted by molar-refractivity contribution is 0.0735. The van der Waals surface area contributed by atoms with E-state index in [1.807, 2.05) is 60.7 Å². The van der Waals surface area contributed by atoms with Crippen LogP contribution in [0.2, 0.25) is 0 Å². The molecular weight excluding hydrogens is 932 g/mol. The molecule has 6 aromatic carbocycles. The third-order valence-corrected chi connectivity index (χ3v) is 9.81. The largest absolute Gasteiger partial charge is 0.504 e. The van der Waals surface area contributed by atoms with Crippen LogP contribution in [0.5, 0.6) is 11.5 Å². The van der Waals surface area contributed by atoms with Crippen molar-refractivity contribution >= 4 is 131 Å². The number of phenolic OH excluding ortho intramolecular Hbond substituents is 1. The van der Waals surface area contributed by atoms with Crippen LogP contribution in [0, 0.1) is 0 Å². The van der Waals surface area contributed by atoms with E-state index in [-0.39, 0.29) is 5.75 Å². The number of halogens is 5. The molecule has 0 spiro atoms. The maximum absolute atomic E-state index is 12.5. The predicted molar refractivity (Wildman–Crippen MR) is 215 cm³/mol. The maximum Gasteiger partial charge on any atom is 0.343 e. The number of hydrogen-bond acceptors (Lipinski definition) is 8. The summed E-state index contributed by atoms with van der Waals surface area (Å²) >= 11 is 18.8. The number of ether oxygens (including phenoxy) is 1. The topological polar surface area (TPSA) is 115 Å². The van der Waals surface area contributed by atoms with Gasteiger partial charge in [0.05, 0.1) is 36.6 Å². The van der Waals surface area contributed by atoms with Gasteiger partial charge in [0, 0.05) is 14.5 Å². The van der Waals surface area contributed by atoms with E-state index in [1.165, 1.54) is 0 Å². The van der Waals surface area contributed by atoms with Gasteiger partial charge in [0.25, 0.3) is 5.24 Å². The second-order valence-electron chi connectivity index (χ2n) is 10.6. The van der Waals surface area contributed by atoms with Crippen LogP contribution < -0.4 is 4.74 Å². The third kappa shape index (κ3) is 8.43. The Bertz CT molecular complexity index is 2580. The van der Waals surface area contributed by atoms with Crippen molar-refractivity contribution in [2.75, 3.05) is 0 Å². The molecule has 252 valence electrons. The first-order valence-corrected chi connectivity index (χ1v) is 18.5. The second kappa shape index (κ2) is 16.3. The van der Waals surface area contributed by atoms with E-state index >= 15 is 0 Å². The second-order valence-corrected chi connectivity index (χ2v) is 14.3. The number of rotatable bonds is 3. The van der Waals surface area contributed by atoms with Gasteiger partial charge in [-0.3, -0.25) is 4.79 Å². The van der Waals surface area contributed by atoms with Crippen molar-refractivity contribution in [2.45, 2.75) is 0 Å². The van der Waals surface area contributed by atoms with Crippen LogP contribution in [0.4, 0.5) is 0 Å². The molecule has 0 unspecified atom stereocenters. The first-order valence-electron chi connectivity index (χ1n) is 14.9. The Labute approximate surface area is 329 Å². The summed E-state index contributed by atoms with van der Waals surface area (Å²) in [5.41, 5.74) is 6.40. The fourth-order valence-electron chi connectivity index (χ4n) is 4.77. The van der Waals surface area contributed by atoms with Gasteiger partial charge in [0.1, 0.15) is 22.1 Å². The van der Waals surface area contributed by atoms with Gasteiger partial charge in [-0.25, -0.2) is 24.7 Å². The minimum atomic E-state index is -0.445. The van der Waals surface area contributed by atoms with Gasteiger partial charge in [0.15, 0.2) is 11.5 Å². The van der Waals surface area contributed by atoms with Gasteiger partial charge in [-0.05, 0) is 124 Å². The highest BCUT2D eigenvalue weighted by Gasteiger charge is 2.19. The summed E-state index contributed by atoms with van der Waals surface area (Å²) in [6.45, 7) is 0. The Balaban J connectivity index is 0.000000148. The van der Waals surface area contributed by atoms with Gasteiger partial charge in [-0.2, -0.15) is 0 Å². The molecule has 0 aliphatic rings. The number of phenols is 1. The number of fused-ring (bicyclic) bond motifs is 4. The third-order valence-electron chi connectivity index (χ3n) is 7.19. The van der Waals surface area contributed by atoms with E-state index < -0.39 is 11.2 Å². The highest BCUT2D eigenvalue weighted by molar-refractivity contribution is 9.11. The minimum absolute atomic E-state index is 0.112. The molecule has 13 heteroatoms. The normalized spacial score (nSPS) is 10.7. The highest BCUT2D eigenvalue weighted by atomic mass is 79.9. The summed E-state index contributed by atoms with van der Waals surface area (Å²) in [5.74, 6) is 0.0200. The molecule has 0 atom stereocenters. The summed E-state index contributed by atoms with van der Waals surface area (Å²) in [7, 11) is 0. The Morgan fingerprint density at radius 3 is 1.37 bits per heavy atom. The molecular formula is C38H21Br4ClN4O4. The van der Waals surface area contributed by atoms with Crippen molar-refractivity contribution in [3.63, 3.8) is 0 Å². The number of hydrogen-bond donors (Lipinski definition) is 1. The van der Waals surface area contributed by atoms with Crippen LogP contribution in [0.3, 0.4) is 0 Å². The van der Waals surface area contributed by atoms with Crippen LogP contribution in [-0.4, -0.2) is 36.3 Å². The number of benzene rings is 6. The standard InChI is InChI=1S/C19H10Br2N2O2.C12H6Br2N2O.C7H5ClO/c20-12-10-13(21)18(25-19(24)11-6-2-1-3-7-11)17-16(12)22-14-8-4-5-9-15(14)23-17;13-6-5-7(14)12(17)11-10(6)15-8-3-1-2-4-9(8)16-11;8-7(9)6-4-2-1-3-5-6/h1-10H;1-5,17H;1-5H. The predicted octanol–water partition coefficient (Wildman–Crippen LogP) is 11.6. The van der Waals surface area contributed by atoms with E-state index in [4.69, 9.17) is 16.3 Å². The zero-order chi connectivity index (χ0) is 36.1. The zero-order valence-corrected chi connectivity index (χ0v) is 33.0. The SMILES string of the molecule is O=C(Cl)c1ccccc1.O=C(Oc1c(Br)cc(Br)c2nc3ccccc3nc12)c1ccccc1.Oc1c(Br)cc(Br)c2nc3ccccc3nc12. The fourth-order valence-corrected chi connectivity index (χ4v) is 7.43. The summed E-state index contributed by atoms with van der Waals surface area (Å²) in [4.78, 5) is 41.1. The molecule has 0 bridgehead atoms. The summed E-state index contributed by atoms with van der Waals surface area (Å²) < 4.78 is 8.44. The molecule has 2 aromatic heterocycles. The van der Waals surface area contributed by atoms with Crippen LogP contribution in [0.15, 0.2) is 139 Å². The molecule has 0 saturated heterocycles. The Kier molecular flexibility index (Phi) is 11.7. The summed E-state index contributed by atoms with van der Waals surface area (Å²) in [5, 5.41) is 9.57. The zero-order valence-electron chi connectivity index (χ0n) is 25.9. The molecule has 0 aliphatic heterocycles. The van der Waals surface area contributed by atoms with E-state index in [2.05, 4.69) is 83.7 Å². The van der Waals surface area contributed by atoms with Crippen LogP contribution in [-0.2, 0) is 0 Å². The lowest BCUT2D eigenvalue weighted by atomic mass is 10.2. The van der Waals surface area contributed by atoms with E-state index in [0.717, 1.165) is 31.0 Å². The molecule has 0 aliphatic carbocycles. The number of nitrogens with zero attached hydrogens (tertiary/aromatic N) is 4. The van der Waals surface area contributed by atoms with Crippen LogP contribution in [0.25, 0.3) is 44.1 Å². The van der Waals surface area contributed by atoms with E-state index in [9.17, 15) is 14.7 Å². The lowest BCUT2D eigenvalue weighted by Crippen LogP contribution is -2.09. The molecule has 8 rings (SSSR count). The molecule has 0 saturated carbocycles.